The maximum Gasteiger partial charge on any atom is 0.239 e. The molecular weight excluding hydrogens is 394 g/mol. The summed E-state index contributed by atoms with van der Waals surface area (Å²) in [7, 11) is 0. The average molecular weight is 419 g/mol. The smallest absolute Gasteiger partial charge is 0.239 e. The van der Waals surface area contributed by atoms with Crippen LogP contribution in [0.15, 0.2) is 28.7 Å². The quantitative estimate of drug-likeness (QED) is 0.771. The number of hydrogen-bond acceptors (Lipinski definition) is 3. The Labute approximate surface area is 157 Å². The normalized spacial score (nSPS) is 16.2. The van der Waals surface area contributed by atoms with Gasteiger partial charge in [0.2, 0.25) is 11.8 Å². The monoisotopic (exact) mass is 417 g/mol. The van der Waals surface area contributed by atoms with Gasteiger partial charge in [0.05, 0.1) is 6.04 Å². The Kier molecular flexibility index (Phi) is 8.73. The number of benzene rings is 1. The molecule has 24 heavy (non-hydrogen) atoms. The van der Waals surface area contributed by atoms with Gasteiger partial charge in [0, 0.05) is 29.2 Å². The second-order valence-electron chi connectivity index (χ2n) is 5.99. The zero-order chi connectivity index (χ0) is 16.8. The van der Waals surface area contributed by atoms with Crippen LogP contribution >= 0.6 is 28.3 Å². The average Bonchev–Trinajstić information content (AvgIpc) is 2.56. The van der Waals surface area contributed by atoms with Crippen molar-refractivity contribution in [2.75, 3.05) is 18.4 Å². The van der Waals surface area contributed by atoms with Crippen molar-refractivity contribution >= 4 is 45.8 Å². The van der Waals surface area contributed by atoms with E-state index in [1.807, 2.05) is 31.2 Å². The fourth-order valence-electron chi connectivity index (χ4n) is 2.81. The molecule has 1 aromatic carbocycles. The van der Waals surface area contributed by atoms with Crippen LogP contribution in [0.5, 0.6) is 0 Å². The van der Waals surface area contributed by atoms with Gasteiger partial charge in [0.15, 0.2) is 0 Å². The molecular formula is C17H25BrClN3O2. The Morgan fingerprint density at radius 2 is 1.88 bits per heavy atom. The van der Waals surface area contributed by atoms with Crippen LogP contribution in [0.4, 0.5) is 5.69 Å². The number of nitrogens with one attached hydrogen (secondary N) is 1. The van der Waals surface area contributed by atoms with Gasteiger partial charge in [-0.15, -0.1) is 12.4 Å². The van der Waals surface area contributed by atoms with E-state index in [1.165, 1.54) is 0 Å². The summed E-state index contributed by atoms with van der Waals surface area (Å²) in [5.41, 5.74) is 6.69. The van der Waals surface area contributed by atoms with E-state index in [0.29, 0.717) is 32.4 Å². The number of likely N-dealkylation sites (tertiary alicyclic amines) is 1. The fourth-order valence-corrected chi connectivity index (χ4v) is 3.07. The van der Waals surface area contributed by atoms with Crippen molar-refractivity contribution in [3.05, 3.63) is 28.7 Å². The molecule has 5 nitrogen and oxygen atoms in total. The van der Waals surface area contributed by atoms with Crippen molar-refractivity contribution < 1.29 is 9.59 Å². The fraction of sp³-hybridized carbons (Fsp3) is 0.529. The molecule has 1 aliphatic heterocycles. The molecule has 1 fully saturated rings. The summed E-state index contributed by atoms with van der Waals surface area (Å²) >= 11 is 3.37. The number of carbonyl (C=O) groups is 2. The Balaban J connectivity index is 0.00000288. The predicted molar refractivity (Wildman–Crippen MR) is 102 cm³/mol. The van der Waals surface area contributed by atoms with Crippen LogP contribution in [0.25, 0.3) is 0 Å². The lowest BCUT2D eigenvalue weighted by atomic mass is 9.95. The summed E-state index contributed by atoms with van der Waals surface area (Å²) in [5.74, 6) is -0.0130. The molecule has 1 unspecified atom stereocenters. The molecule has 2 rings (SSSR count). The van der Waals surface area contributed by atoms with Crippen LogP contribution in [0.1, 0.15) is 32.6 Å². The van der Waals surface area contributed by atoms with Gasteiger partial charge in [-0.05, 0) is 43.5 Å². The lowest BCUT2D eigenvalue weighted by molar-refractivity contribution is -0.135. The summed E-state index contributed by atoms with van der Waals surface area (Å²) < 4.78 is 0.978. The Morgan fingerprint density at radius 1 is 1.29 bits per heavy atom. The molecule has 1 aliphatic rings. The number of carbonyl (C=O) groups excluding carboxylic acids is 2. The van der Waals surface area contributed by atoms with Gasteiger partial charge in [-0.25, -0.2) is 0 Å². The SMILES string of the molecule is CCCC(N)C(=O)N1CCC(C(=O)Nc2ccc(Br)cc2)CC1.Cl. The van der Waals surface area contributed by atoms with Gasteiger partial charge in [-0.1, -0.05) is 29.3 Å². The van der Waals surface area contributed by atoms with E-state index in [2.05, 4.69) is 21.2 Å². The summed E-state index contributed by atoms with van der Waals surface area (Å²) in [6.07, 6.45) is 2.99. The molecule has 0 radical (unpaired) electrons. The predicted octanol–water partition coefficient (Wildman–Crippen LogP) is 3.18. The number of hydrogen-bond donors (Lipinski definition) is 2. The molecule has 0 saturated carbocycles. The second kappa shape index (κ2) is 10.0. The summed E-state index contributed by atoms with van der Waals surface area (Å²) in [6, 6.07) is 7.11. The van der Waals surface area contributed by atoms with Crippen LogP contribution < -0.4 is 11.1 Å². The highest BCUT2D eigenvalue weighted by Crippen LogP contribution is 2.21. The molecule has 2 amide bonds. The Morgan fingerprint density at radius 3 is 2.42 bits per heavy atom. The van der Waals surface area contributed by atoms with Crippen molar-refractivity contribution in [3.63, 3.8) is 0 Å². The van der Waals surface area contributed by atoms with E-state index < -0.39 is 6.04 Å². The minimum Gasteiger partial charge on any atom is -0.341 e. The molecule has 3 N–H and O–H groups in total. The Hall–Kier alpha value is -1.11. The molecule has 1 heterocycles. The summed E-state index contributed by atoms with van der Waals surface area (Å²) in [5, 5.41) is 2.94. The molecule has 1 atom stereocenters. The summed E-state index contributed by atoms with van der Waals surface area (Å²) in [6.45, 7) is 3.23. The third-order valence-corrected chi connectivity index (χ3v) is 4.73. The molecule has 0 spiro atoms. The van der Waals surface area contributed by atoms with Crippen LogP contribution in [-0.4, -0.2) is 35.8 Å². The first kappa shape index (κ1) is 20.9. The highest BCUT2D eigenvalue weighted by atomic mass is 79.9. The van der Waals surface area contributed by atoms with Gasteiger partial charge < -0.3 is 16.0 Å². The number of anilines is 1. The van der Waals surface area contributed by atoms with Gasteiger partial charge >= 0.3 is 0 Å². The minimum atomic E-state index is -0.409. The molecule has 1 aromatic rings. The lowest BCUT2D eigenvalue weighted by Gasteiger charge is -2.33. The van der Waals surface area contributed by atoms with Crippen LogP contribution in [0.3, 0.4) is 0 Å². The van der Waals surface area contributed by atoms with E-state index in [9.17, 15) is 9.59 Å². The molecule has 1 saturated heterocycles. The molecule has 134 valence electrons. The van der Waals surface area contributed by atoms with Crippen molar-refractivity contribution in [2.45, 2.75) is 38.6 Å². The largest absolute Gasteiger partial charge is 0.341 e. The van der Waals surface area contributed by atoms with Crippen LogP contribution in [0, 0.1) is 5.92 Å². The third kappa shape index (κ3) is 5.76. The number of amides is 2. The maximum absolute atomic E-state index is 12.3. The standard InChI is InChI=1S/C17H24BrN3O2.ClH/c1-2-3-15(19)17(23)21-10-8-12(9-11-21)16(22)20-14-6-4-13(18)5-7-14;/h4-7,12,15H,2-3,8-11,19H2,1H3,(H,20,22);1H. The van der Waals surface area contributed by atoms with Gasteiger partial charge in [0.25, 0.3) is 0 Å². The van der Waals surface area contributed by atoms with Crippen molar-refractivity contribution in [3.8, 4) is 0 Å². The van der Waals surface area contributed by atoms with Gasteiger partial charge in [-0.3, -0.25) is 9.59 Å². The van der Waals surface area contributed by atoms with E-state index in [4.69, 9.17) is 5.73 Å². The van der Waals surface area contributed by atoms with Gasteiger partial charge in [-0.2, -0.15) is 0 Å². The number of halogens is 2. The molecule has 0 aliphatic carbocycles. The van der Waals surface area contributed by atoms with E-state index in [1.54, 1.807) is 4.90 Å². The molecule has 0 aromatic heterocycles. The van der Waals surface area contributed by atoms with Crippen molar-refractivity contribution in [2.24, 2.45) is 11.7 Å². The topological polar surface area (TPSA) is 75.4 Å². The van der Waals surface area contributed by atoms with Crippen LogP contribution in [-0.2, 0) is 9.59 Å². The minimum absolute atomic E-state index is 0. The Bertz CT molecular complexity index is 545. The van der Waals surface area contributed by atoms with Crippen molar-refractivity contribution in [1.29, 1.82) is 0 Å². The van der Waals surface area contributed by atoms with E-state index in [-0.39, 0.29) is 30.1 Å². The number of piperidine rings is 1. The van der Waals surface area contributed by atoms with E-state index >= 15 is 0 Å². The first-order valence-electron chi connectivity index (χ1n) is 8.12. The van der Waals surface area contributed by atoms with Gasteiger partial charge in [0.1, 0.15) is 0 Å². The zero-order valence-corrected chi connectivity index (χ0v) is 16.2. The number of nitrogens with two attached hydrogens (primary N) is 1. The molecule has 7 heteroatoms. The first-order valence-corrected chi connectivity index (χ1v) is 8.91. The molecule has 0 bridgehead atoms. The zero-order valence-electron chi connectivity index (χ0n) is 13.8. The highest BCUT2D eigenvalue weighted by Gasteiger charge is 2.29. The van der Waals surface area contributed by atoms with Crippen LogP contribution in [0.2, 0.25) is 0 Å². The maximum atomic E-state index is 12.3. The number of nitrogens with zero attached hydrogens (tertiary/aromatic N) is 1. The highest BCUT2D eigenvalue weighted by molar-refractivity contribution is 9.10. The number of rotatable bonds is 5. The van der Waals surface area contributed by atoms with E-state index in [0.717, 1.165) is 16.6 Å². The second-order valence-corrected chi connectivity index (χ2v) is 6.91. The van der Waals surface area contributed by atoms with Crippen molar-refractivity contribution in [1.82, 2.24) is 4.90 Å². The first-order chi connectivity index (χ1) is 11.0. The summed E-state index contributed by atoms with van der Waals surface area (Å²) in [4.78, 5) is 26.3. The third-order valence-electron chi connectivity index (χ3n) is 4.21. The lowest BCUT2D eigenvalue weighted by Crippen LogP contribution is -2.48.